The molecule has 170 valence electrons. The Morgan fingerprint density at radius 1 is 1.18 bits per heavy atom. The molecule has 0 saturated carbocycles. The van der Waals surface area contributed by atoms with E-state index in [0.717, 1.165) is 48.0 Å². The maximum atomic E-state index is 14.2. The van der Waals surface area contributed by atoms with Gasteiger partial charge in [0.25, 0.3) is 0 Å². The molecule has 8 heteroatoms. The number of pyridine rings is 1. The lowest BCUT2D eigenvalue weighted by molar-refractivity contribution is -0.131. The lowest BCUT2D eigenvalue weighted by Crippen LogP contribution is -2.46. The molecule has 0 unspecified atom stereocenters. The standard InChI is InChI=1S/C25H25F2N5O/c1-15(19-5-4-18(26)13-21(19)27)24(33)32-11-8-25(14-32)7-6-17-12-20(16(2)30-22(17)31-25)23-28-9-3-10-29-23/h3-5,9-10,12-13,15H,6-8,11,14H2,1-2H3,(H,30,31)/t15-,25-/m0/s1. The minimum Gasteiger partial charge on any atom is -0.363 e. The summed E-state index contributed by atoms with van der Waals surface area (Å²) in [4.78, 5) is 28.4. The van der Waals surface area contributed by atoms with Crippen LogP contribution in [0.25, 0.3) is 11.4 Å². The number of carbonyl (C=O) groups excluding carboxylic acids is 1. The van der Waals surface area contributed by atoms with Crippen LogP contribution >= 0.6 is 0 Å². The van der Waals surface area contributed by atoms with Crippen molar-refractivity contribution in [1.82, 2.24) is 19.9 Å². The van der Waals surface area contributed by atoms with Crippen molar-refractivity contribution < 1.29 is 13.6 Å². The lowest BCUT2D eigenvalue weighted by atomic mass is 9.86. The highest BCUT2D eigenvalue weighted by Crippen LogP contribution is 2.38. The van der Waals surface area contributed by atoms with Gasteiger partial charge < -0.3 is 10.2 Å². The average molecular weight is 450 g/mol. The van der Waals surface area contributed by atoms with E-state index in [1.165, 1.54) is 12.1 Å². The number of aromatic nitrogens is 3. The Kier molecular flexibility index (Phi) is 5.31. The zero-order valence-electron chi connectivity index (χ0n) is 18.6. The number of rotatable bonds is 3. The first-order valence-electron chi connectivity index (χ1n) is 11.1. The number of benzene rings is 1. The van der Waals surface area contributed by atoms with Crippen LogP contribution in [-0.4, -0.2) is 44.4 Å². The molecule has 0 bridgehead atoms. The van der Waals surface area contributed by atoms with Gasteiger partial charge in [-0.15, -0.1) is 0 Å². The van der Waals surface area contributed by atoms with E-state index in [-0.39, 0.29) is 17.0 Å². The third-order valence-electron chi connectivity index (χ3n) is 6.82. The molecule has 1 saturated heterocycles. The zero-order valence-corrected chi connectivity index (χ0v) is 18.6. The minimum atomic E-state index is -0.688. The van der Waals surface area contributed by atoms with Crippen molar-refractivity contribution >= 4 is 11.7 Å². The first-order chi connectivity index (χ1) is 15.8. The monoisotopic (exact) mass is 449 g/mol. The lowest BCUT2D eigenvalue weighted by Gasteiger charge is -2.36. The van der Waals surface area contributed by atoms with Gasteiger partial charge in [-0.1, -0.05) is 6.07 Å². The Hall–Kier alpha value is -3.42. The summed E-state index contributed by atoms with van der Waals surface area (Å²) in [6, 6.07) is 7.26. The van der Waals surface area contributed by atoms with Crippen LogP contribution in [0, 0.1) is 18.6 Å². The second-order valence-corrected chi connectivity index (χ2v) is 9.00. The summed E-state index contributed by atoms with van der Waals surface area (Å²) in [7, 11) is 0. The molecule has 2 aliphatic heterocycles. The van der Waals surface area contributed by atoms with E-state index in [2.05, 4.69) is 21.4 Å². The summed E-state index contributed by atoms with van der Waals surface area (Å²) in [6.45, 7) is 4.73. The molecule has 2 atom stereocenters. The molecular formula is C25H25F2N5O. The summed E-state index contributed by atoms with van der Waals surface area (Å²) >= 11 is 0. The molecule has 2 aromatic heterocycles. The number of hydrogen-bond donors (Lipinski definition) is 1. The van der Waals surface area contributed by atoms with Crippen LogP contribution in [-0.2, 0) is 11.2 Å². The number of likely N-dealkylation sites (tertiary alicyclic amines) is 1. The molecule has 1 N–H and O–H groups in total. The Morgan fingerprint density at radius 3 is 2.73 bits per heavy atom. The van der Waals surface area contributed by atoms with Crippen LogP contribution in [0.1, 0.15) is 42.5 Å². The van der Waals surface area contributed by atoms with Gasteiger partial charge in [0.05, 0.1) is 17.2 Å². The van der Waals surface area contributed by atoms with Gasteiger partial charge in [0.15, 0.2) is 5.82 Å². The number of carbonyl (C=O) groups is 1. The van der Waals surface area contributed by atoms with Crippen molar-refractivity contribution in [2.75, 3.05) is 18.4 Å². The number of nitrogens with one attached hydrogen (secondary N) is 1. The summed E-state index contributed by atoms with van der Waals surface area (Å²) < 4.78 is 27.5. The van der Waals surface area contributed by atoms with Crippen molar-refractivity contribution in [3.63, 3.8) is 0 Å². The summed E-state index contributed by atoms with van der Waals surface area (Å²) in [5.74, 6) is -0.662. The largest absolute Gasteiger partial charge is 0.363 e. The highest BCUT2D eigenvalue weighted by Gasteiger charge is 2.43. The van der Waals surface area contributed by atoms with E-state index < -0.39 is 17.6 Å². The van der Waals surface area contributed by atoms with E-state index >= 15 is 0 Å². The van der Waals surface area contributed by atoms with Crippen molar-refractivity contribution in [2.24, 2.45) is 0 Å². The fourth-order valence-corrected chi connectivity index (χ4v) is 4.92. The highest BCUT2D eigenvalue weighted by atomic mass is 19.1. The molecule has 3 aromatic rings. The van der Waals surface area contributed by atoms with Crippen LogP contribution in [0.15, 0.2) is 42.7 Å². The van der Waals surface area contributed by atoms with Gasteiger partial charge in [-0.3, -0.25) is 4.79 Å². The predicted octanol–water partition coefficient (Wildman–Crippen LogP) is 4.26. The minimum absolute atomic E-state index is 0.148. The van der Waals surface area contributed by atoms with Gasteiger partial charge in [0.2, 0.25) is 5.91 Å². The first kappa shape index (κ1) is 21.4. The van der Waals surface area contributed by atoms with Gasteiger partial charge in [-0.25, -0.2) is 23.7 Å². The molecule has 4 heterocycles. The van der Waals surface area contributed by atoms with Gasteiger partial charge in [0.1, 0.15) is 17.5 Å². The van der Waals surface area contributed by atoms with Crippen molar-refractivity contribution in [1.29, 1.82) is 0 Å². The molecule has 1 amide bonds. The molecule has 1 fully saturated rings. The molecule has 2 aliphatic rings. The average Bonchev–Trinajstić information content (AvgIpc) is 3.21. The Bertz CT molecular complexity index is 1220. The molecule has 0 radical (unpaired) electrons. The van der Waals surface area contributed by atoms with E-state index in [1.54, 1.807) is 30.3 Å². The number of halogens is 2. The number of aryl methyl sites for hydroxylation is 2. The van der Waals surface area contributed by atoms with Crippen LogP contribution in [0.2, 0.25) is 0 Å². The highest BCUT2D eigenvalue weighted by molar-refractivity contribution is 5.84. The summed E-state index contributed by atoms with van der Waals surface area (Å²) in [5.41, 5.74) is 2.84. The molecule has 5 rings (SSSR count). The summed E-state index contributed by atoms with van der Waals surface area (Å²) in [6.07, 6.45) is 5.93. The SMILES string of the molecule is Cc1nc2c(cc1-c1ncccn1)CC[C@@]1(CCN(C(=O)[C@@H](C)c3ccc(F)cc3F)C1)N2. The van der Waals surface area contributed by atoms with E-state index in [1.807, 2.05) is 6.92 Å². The van der Waals surface area contributed by atoms with Gasteiger partial charge >= 0.3 is 0 Å². The van der Waals surface area contributed by atoms with Crippen LogP contribution < -0.4 is 5.32 Å². The normalized spacial score (nSPS) is 20.4. The number of nitrogens with zero attached hydrogens (tertiary/aromatic N) is 4. The Balaban J connectivity index is 1.33. The molecule has 33 heavy (non-hydrogen) atoms. The molecular weight excluding hydrogens is 424 g/mol. The molecule has 6 nitrogen and oxygen atoms in total. The second kappa shape index (κ2) is 8.17. The number of amides is 1. The van der Waals surface area contributed by atoms with Gasteiger partial charge in [-0.05, 0) is 56.9 Å². The third-order valence-corrected chi connectivity index (χ3v) is 6.82. The van der Waals surface area contributed by atoms with Gasteiger partial charge in [0, 0.05) is 42.7 Å². The number of anilines is 1. The maximum absolute atomic E-state index is 14.2. The van der Waals surface area contributed by atoms with Gasteiger partial charge in [-0.2, -0.15) is 0 Å². The fraction of sp³-hybridized carbons (Fsp3) is 0.360. The first-order valence-corrected chi connectivity index (χ1v) is 11.1. The zero-order chi connectivity index (χ0) is 23.2. The fourth-order valence-electron chi connectivity index (χ4n) is 4.92. The van der Waals surface area contributed by atoms with E-state index in [9.17, 15) is 13.6 Å². The van der Waals surface area contributed by atoms with Crippen molar-refractivity contribution in [3.8, 4) is 11.4 Å². The Labute approximate surface area is 191 Å². The predicted molar refractivity (Wildman–Crippen MR) is 121 cm³/mol. The smallest absolute Gasteiger partial charge is 0.230 e. The Morgan fingerprint density at radius 2 is 1.97 bits per heavy atom. The van der Waals surface area contributed by atoms with Crippen LogP contribution in [0.4, 0.5) is 14.6 Å². The van der Waals surface area contributed by atoms with Crippen LogP contribution in [0.3, 0.4) is 0 Å². The number of fused-ring (bicyclic) bond motifs is 1. The molecule has 0 aliphatic carbocycles. The number of hydrogen-bond acceptors (Lipinski definition) is 5. The van der Waals surface area contributed by atoms with Crippen molar-refractivity contribution in [2.45, 2.75) is 44.6 Å². The van der Waals surface area contributed by atoms with Crippen LogP contribution in [0.5, 0.6) is 0 Å². The van der Waals surface area contributed by atoms with Crippen molar-refractivity contribution in [3.05, 3.63) is 71.2 Å². The third kappa shape index (κ3) is 3.94. The second-order valence-electron chi connectivity index (χ2n) is 9.00. The molecule has 1 spiro atoms. The quantitative estimate of drug-likeness (QED) is 0.647. The molecule has 1 aromatic carbocycles. The topological polar surface area (TPSA) is 71.0 Å². The van der Waals surface area contributed by atoms with E-state index in [4.69, 9.17) is 4.98 Å². The summed E-state index contributed by atoms with van der Waals surface area (Å²) in [5, 5.41) is 3.60. The van der Waals surface area contributed by atoms with E-state index in [0.29, 0.717) is 18.9 Å². The maximum Gasteiger partial charge on any atom is 0.230 e.